The van der Waals surface area contributed by atoms with Crippen LogP contribution in [0, 0.1) is 0 Å². The van der Waals surface area contributed by atoms with Crippen molar-refractivity contribution in [2.24, 2.45) is 0 Å². The molecule has 0 radical (unpaired) electrons. The van der Waals surface area contributed by atoms with Crippen LogP contribution in [0.3, 0.4) is 0 Å². The summed E-state index contributed by atoms with van der Waals surface area (Å²) < 4.78 is 0. The predicted molar refractivity (Wildman–Crippen MR) is 122 cm³/mol. The molecule has 0 saturated carbocycles. The Labute approximate surface area is 171 Å². The zero-order valence-electron chi connectivity index (χ0n) is 16.7. The molecule has 0 rings (SSSR count). The van der Waals surface area contributed by atoms with Gasteiger partial charge in [-0.1, -0.05) is 12.8 Å². The molecule has 0 heterocycles. The highest BCUT2D eigenvalue weighted by Crippen LogP contribution is 1.97. The van der Waals surface area contributed by atoms with Gasteiger partial charge in [0.25, 0.3) is 0 Å². The van der Waals surface area contributed by atoms with Crippen molar-refractivity contribution < 1.29 is 0 Å². The van der Waals surface area contributed by atoms with Gasteiger partial charge in [-0.25, -0.2) is 0 Å². The molecule has 6 nitrogen and oxygen atoms in total. The summed E-state index contributed by atoms with van der Waals surface area (Å²) >= 11 is 10.2. The molecule has 0 bridgehead atoms. The fourth-order valence-corrected chi connectivity index (χ4v) is 2.87. The van der Waals surface area contributed by atoms with Crippen LogP contribution < -0.4 is 31.9 Å². The third-order valence-corrected chi connectivity index (χ3v) is 4.34. The number of nitrogens with one attached hydrogen (secondary N) is 6. The van der Waals surface area contributed by atoms with Gasteiger partial charge in [-0.3, -0.25) is 0 Å². The minimum absolute atomic E-state index is 0.759. The Kier molecular flexibility index (Phi) is 20.1. The highest BCUT2D eigenvalue weighted by molar-refractivity contribution is 7.80. The minimum Gasteiger partial charge on any atom is -0.363 e. The molecule has 154 valence electrons. The lowest BCUT2D eigenvalue weighted by Gasteiger charge is -2.09. The summed E-state index contributed by atoms with van der Waals surface area (Å²) in [6, 6.07) is 0. The molecule has 0 saturated heterocycles. The average Bonchev–Trinajstić information content (AvgIpc) is 2.61. The maximum Gasteiger partial charge on any atom is 0.166 e. The van der Waals surface area contributed by atoms with Gasteiger partial charge >= 0.3 is 0 Å². The Morgan fingerprint density at radius 1 is 0.500 bits per heavy atom. The first-order chi connectivity index (χ1) is 12.7. The van der Waals surface area contributed by atoms with Crippen molar-refractivity contribution in [2.75, 3.05) is 52.4 Å². The maximum absolute atomic E-state index is 5.11. The largest absolute Gasteiger partial charge is 0.363 e. The second-order valence-corrected chi connectivity index (χ2v) is 7.01. The van der Waals surface area contributed by atoms with Gasteiger partial charge in [0.1, 0.15) is 0 Å². The summed E-state index contributed by atoms with van der Waals surface area (Å²) in [5, 5.41) is 21.1. The molecule has 0 aliphatic carbocycles. The Bertz CT molecular complexity index is 310. The van der Waals surface area contributed by atoms with Crippen LogP contribution >= 0.6 is 24.4 Å². The fourth-order valence-electron chi connectivity index (χ4n) is 2.38. The quantitative estimate of drug-likeness (QED) is 0.161. The normalized spacial score (nSPS) is 10.4. The summed E-state index contributed by atoms with van der Waals surface area (Å²) in [5.74, 6) is 0. The first kappa shape index (κ1) is 25.3. The van der Waals surface area contributed by atoms with E-state index in [4.69, 9.17) is 24.4 Å². The van der Waals surface area contributed by atoms with Crippen LogP contribution in [0.5, 0.6) is 0 Å². The van der Waals surface area contributed by atoms with Gasteiger partial charge in [0.15, 0.2) is 10.2 Å². The second kappa shape index (κ2) is 20.6. The van der Waals surface area contributed by atoms with E-state index in [2.05, 4.69) is 31.9 Å². The molecule has 0 aromatic rings. The average molecular weight is 405 g/mol. The van der Waals surface area contributed by atoms with Gasteiger partial charge in [-0.05, 0) is 90.1 Å². The van der Waals surface area contributed by atoms with E-state index in [-0.39, 0.29) is 0 Å². The number of hydrogen-bond donors (Lipinski definition) is 6. The van der Waals surface area contributed by atoms with Crippen molar-refractivity contribution in [3.05, 3.63) is 0 Å². The lowest BCUT2D eigenvalue weighted by molar-refractivity contribution is 0.551. The van der Waals surface area contributed by atoms with E-state index in [0.29, 0.717) is 0 Å². The lowest BCUT2D eigenvalue weighted by Crippen LogP contribution is -2.36. The van der Waals surface area contributed by atoms with Gasteiger partial charge in [0.2, 0.25) is 0 Å². The number of thiocarbonyl (C=S) groups is 2. The molecule has 0 aromatic heterocycles. The van der Waals surface area contributed by atoms with Crippen LogP contribution in [0.2, 0.25) is 0 Å². The van der Waals surface area contributed by atoms with E-state index in [1.165, 1.54) is 25.7 Å². The Balaban J connectivity index is 3.09. The zero-order chi connectivity index (χ0) is 19.3. The van der Waals surface area contributed by atoms with E-state index in [1.807, 2.05) is 13.8 Å². The summed E-state index contributed by atoms with van der Waals surface area (Å²) in [6.45, 7) is 12.0. The summed E-state index contributed by atoms with van der Waals surface area (Å²) in [4.78, 5) is 0. The van der Waals surface area contributed by atoms with Gasteiger partial charge in [-0.15, -0.1) is 0 Å². The van der Waals surface area contributed by atoms with E-state index in [9.17, 15) is 0 Å². The summed E-state index contributed by atoms with van der Waals surface area (Å²) in [7, 11) is 0. The highest BCUT2D eigenvalue weighted by Gasteiger charge is 1.95. The van der Waals surface area contributed by atoms with E-state index < -0.39 is 0 Å². The molecule has 0 fully saturated rings. The van der Waals surface area contributed by atoms with Gasteiger partial charge in [0.05, 0.1) is 0 Å². The van der Waals surface area contributed by atoms with Crippen molar-refractivity contribution in [1.29, 1.82) is 0 Å². The molecule has 6 N–H and O–H groups in total. The molecule has 0 atom stereocenters. The molecule has 0 aliphatic heterocycles. The summed E-state index contributed by atoms with van der Waals surface area (Å²) in [5.41, 5.74) is 0. The third-order valence-electron chi connectivity index (χ3n) is 3.76. The first-order valence-corrected chi connectivity index (χ1v) is 11.0. The molecular formula is C18H40N6S2. The van der Waals surface area contributed by atoms with Crippen LogP contribution in [-0.2, 0) is 0 Å². The van der Waals surface area contributed by atoms with Crippen LogP contribution in [0.15, 0.2) is 0 Å². The molecule has 0 aliphatic rings. The van der Waals surface area contributed by atoms with Crippen LogP contribution in [-0.4, -0.2) is 62.6 Å². The standard InChI is InChI=1S/C18H40N6S2/c1-3-21-17(25)23-15-9-13-19-11-7-5-6-8-12-20-14-10-16-24-18(26)22-4-2/h19-20H,3-16H2,1-2H3,(H2,21,23,25)(H2,22,24,26). The van der Waals surface area contributed by atoms with Crippen molar-refractivity contribution in [3.8, 4) is 0 Å². The minimum atomic E-state index is 0.759. The van der Waals surface area contributed by atoms with Gasteiger partial charge in [-0.2, -0.15) is 0 Å². The first-order valence-electron chi connectivity index (χ1n) is 10.2. The zero-order valence-corrected chi connectivity index (χ0v) is 18.3. The molecule has 0 amide bonds. The number of hydrogen-bond acceptors (Lipinski definition) is 4. The van der Waals surface area contributed by atoms with Crippen molar-refractivity contribution in [3.63, 3.8) is 0 Å². The maximum atomic E-state index is 5.11. The monoisotopic (exact) mass is 404 g/mol. The topological polar surface area (TPSA) is 72.2 Å². The predicted octanol–water partition coefficient (Wildman–Crippen LogP) is 1.47. The summed E-state index contributed by atoms with van der Waals surface area (Å²) in [6.07, 6.45) is 7.32. The van der Waals surface area contributed by atoms with Crippen LogP contribution in [0.25, 0.3) is 0 Å². The number of unbranched alkanes of at least 4 members (excludes halogenated alkanes) is 3. The fraction of sp³-hybridized carbons (Fsp3) is 0.889. The third kappa shape index (κ3) is 19.6. The SMILES string of the molecule is CCNC(=S)NCCCNCCCCCCNCCCNC(=S)NCC. The lowest BCUT2D eigenvalue weighted by atomic mass is 10.2. The van der Waals surface area contributed by atoms with Crippen molar-refractivity contribution >= 4 is 34.7 Å². The molecule has 0 unspecified atom stereocenters. The Hall–Kier alpha value is -0.700. The van der Waals surface area contributed by atoms with E-state index in [1.54, 1.807) is 0 Å². The Morgan fingerprint density at radius 3 is 1.27 bits per heavy atom. The highest BCUT2D eigenvalue weighted by atomic mass is 32.1. The smallest absolute Gasteiger partial charge is 0.166 e. The molecule has 0 aromatic carbocycles. The molecule has 26 heavy (non-hydrogen) atoms. The Morgan fingerprint density at radius 2 is 0.885 bits per heavy atom. The van der Waals surface area contributed by atoms with E-state index in [0.717, 1.165) is 75.4 Å². The van der Waals surface area contributed by atoms with Crippen molar-refractivity contribution in [1.82, 2.24) is 31.9 Å². The number of rotatable bonds is 17. The molecule has 8 heteroatoms. The van der Waals surface area contributed by atoms with Gasteiger partial charge in [0, 0.05) is 26.2 Å². The van der Waals surface area contributed by atoms with Crippen LogP contribution in [0.1, 0.15) is 52.4 Å². The van der Waals surface area contributed by atoms with E-state index >= 15 is 0 Å². The second-order valence-electron chi connectivity index (χ2n) is 6.19. The van der Waals surface area contributed by atoms with Gasteiger partial charge < -0.3 is 31.9 Å². The van der Waals surface area contributed by atoms with Crippen LogP contribution in [0.4, 0.5) is 0 Å². The van der Waals surface area contributed by atoms with Crippen molar-refractivity contribution in [2.45, 2.75) is 52.4 Å². The molecular weight excluding hydrogens is 364 g/mol. The molecule has 0 spiro atoms.